The van der Waals surface area contributed by atoms with Gasteiger partial charge in [0.15, 0.2) is 0 Å². The van der Waals surface area contributed by atoms with Crippen molar-refractivity contribution < 1.29 is 14.4 Å². The number of aromatic carboxylic acids is 1. The van der Waals surface area contributed by atoms with Crippen LogP contribution in [0.25, 0.3) is 32.9 Å². The molecule has 2 aromatic heterocycles. The quantitative estimate of drug-likeness (QED) is 0.574. The van der Waals surface area contributed by atoms with Crippen LogP contribution in [-0.2, 0) is 0 Å². The highest BCUT2D eigenvalue weighted by Crippen LogP contribution is 2.34. The van der Waals surface area contributed by atoms with Gasteiger partial charge in [-0.1, -0.05) is 23.4 Å². The molecule has 0 aliphatic carbocycles. The summed E-state index contributed by atoms with van der Waals surface area (Å²) in [5.41, 5.74) is 4.19. The van der Waals surface area contributed by atoms with Gasteiger partial charge in [-0.05, 0) is 31.5 Å². The fourth-order valence-corrected chi connectivity index (χ4v) is 3.32. The van der Waals surface area contributed by atoms with Crippen molar-refractivity contribution >= 4 is 27.8 Å². The van der Waals surface area contributed by atoms with E-state index in [1.807, 2.05) is 38.1 Å². The predicted octanol–water partition coefficient (Wildman–Crippen LogP) is 4.16. The minimum Gasteiger partial charge on any atom is -0.478 e. The van der Waals surface area contributed by atoms with E-state index in [4.69, 9.17) is 4.52 Å². The number of carboxylic acid groups (broad SMARTS) is 1. The van der Waals surface area contributed by atoms with Gasteiger partial charge in [-0.15, -0.1) is 0 Å². The Morgan fingerprint density at radius 1 is 1.24 bits per heavy atom. The number of aryl methyl sites for hydroxylation is 2. The molecule has 0 bridgehead atoms. The SMILES string of the molecule is Cc1noc(C)c1-c1ccc2c(c1)[nH]c1c(C#N)c(C(=O)O)ccc12. The van der Waals surface area contributed by atoms with E-state index in [1.165, 1.54) is 6.07 Å². The van der Waals surface area contributed by atoms with Crippen LogP contribution in [0.15, 0.2) is 34.9 Å². The number of hydrogen-bond donors (Lipinski definition) is 2. The maximum atomic E-state index is 11.3. The molecule has 122 valence electrons. The molecule has 0 saturated heterocycles. The largest absolute Gasteiger partial charge is 0.478 e. The van der Waals surface area contributed by atoms with E-state index in [9.17, 15) is 15.2 Å². The maximum absolute atomic E-state index is 11.3. The van der Waals surface area contributed by atoms with Gasteiger partial charge in [0.25, 0.3) is 0 Å². The molecule has 0 fully saturated rings. The number of nitrogens with zero attached hydrogens (tertiary/aromatic N) is 2. The molecule has 2 N–H and O–H groups in total. The van der Waals surface area contributed by atoms with Crippen molar-refractivity contribution in [1.29, 1.82) is 5.26 Å². The number of carbonyl (C=O) groups is 1. The van der Waals surface area contributed by atoms with Gasteiger partial charge in [0.2, 0.25) is 0 Å². The fourth-order valence-electron chi connectivity index (χ4n) is 3.32. The Balaban J connectivity index is 2.03. The van der Waals surface area contributed by atoms with E-state index in [1.54, 1.807) is 6.07 Å². The van der Waals surface area contributed by atoms with E-state index in [2.05, 4.69) is 10.1 Å². The summed E-state index contributed by atoms with van der Waals surface area (Å²) in [5, 5.41) is 24.4. The number of nitrogens with one attached hydrogen (secondary N) is 1. The number of rotatable bonds is 2. The fraction of sp³-hybridized carbons (Fsp3) is 0.105. The van der Waals surface area contributed by atoms with Crippen molar-refractivity contribution in [1.82, 2.24) is 10.1 Å². The van der Waals surface area contributed by atoms with E-state index >= 15 is 0 Å². The number of aromatic nitrogens is 2. The van der Waals surface area contributed by atoms with Gasteiger partial charge in [0, 0.05) is 21.9 Å². The van der Waals surface area contributed by atoms with E-state index < -0.39 is 5.97 Å². The Bertz CT molecular complexity index is 1190. The molecule has 4 rings (SSSR count). The molecule has 25 heavy (non-hydrogen) atoms. The Labute approximate surface area is 142 Å². The molecule has 0 spiro atoms. The summed E-state index contributed by atoms with van der Waals surface area (Å²) in [6.45, 7) is 3.74. The van der Waals surface area contributed by atoms with Crippen molar-refractivity contribution in [3.8, 4) is 17.2 Å². The van der Waals surface area contributed by atoms with Gasteiger partial charge in [0.05, 0.1) is 22.3 Å². The first-order chi connectivity index (χ1) is 12.0. The normalized spacial score (nSPS) is 11.1. The summed E-state index contributed by atoms with van der Waals surface area (Å²) in [6, 6.07) is 11.1. The van der Waals surface area contributed by atoms with Crippen LogP contribution in [-0.4, -0.2) is 21.2 Å². The highest BCUT2D eigenvalue weighted by Gasteiger charge is 2.18. The van der Waals surface area contributed by atoms with Gasteiger partial charge in [-0.25, -0.2) is 4.79 Å². The molecule has 6 heteroatoms. The van der Waals surface area contributed by atoms with Gasteiger partial charge in [0.1, 0.15) is 11.8 Å². The lowest BCUT2D eigenvalue weighted by molar-refractivity contribution is 0.0696. The lowest BCUT2D eigenvalue weighted by Gasteiger charge is -2.01. The number of benzene rings is 2. The zero-order chi connectivity index (χ0) is 17.7. The Kier molecular flexibility index (Phi) is 3.12. The summed E-state index contributed by atoms with van der Waals surface area (Å²) in [5.74, 6) is -0.382. The van der Waals surface area contributed by atoms with E-state index in [0.29, 0.717) is 5.52 Å². The molecular formula is C19H13N3O3. The van der Waals surface area contributed by atoms with Crippen LogP contribution < -0.4 is 0 Å². The molecule has 0 saturated carbocycles. The molecule has 2 aromatic carbocycles. The van der Waals surface area contributed by atoms with Crippen LogP contribution in [0.2, 0.25) is 0 Å². The molecule has 0 amide bonds. The Morgan fingerprint density at radius 2 is 2.00 bits per heavy atom. The van der Waals surface area contributed by atoms with Crippen molar-refractivity contribution in [2.24, 2.45) is 0 Å². The monoisotopic (exact) mass is 331 g/mol. The molecule has 0 aliphatic heterocycles. The third-order valence-electron chi connectivity index (χ3n) is 4.44. The second kappa shape index (κ2) is 5.21. The van der Waals surface area contributed by atoms with Crippen LogP contribution in [0.4, 0.5) is 0 Å². The van der Waals surface area contributed by atoms with Gasteiger partial charge in [-0.3, -0.25) is 0 Å². The number of carboxylic acids is 1. The van der Waals surface area contributed by atoms with Crippen LogP contribution in [0.5, 0.6) is 0 Å². The topological polar surface area (TPSA) is 103 Å². The van der Waals surface area contributed by atoms with E-state index in [-0.39, 0.29) is 11.1 Å². The second-order valence-electron chi connectivity index (χ2n) is 5.91. The zero-order valence-electron chi connectivity index (χ0n) is 13.5. The first-order valence-corrected chi connectivity index (χ1v) is 7.66. The minimum atomic E-state index is -1.12. The highest BCUT2D eigenvalue weighted by molar-refractivity contribution is 6.12. The van der Waals surface area contributed by atoms with Crippen molar-refractivity contribution in [3.05, 3.63) is 52.9 Å². The second-order valence-corrected chi connectivity index (χ2v) is 5.91. The molecular weight excluding hydrogens is 318 g/mol. The van der Waals surface area contributed by atoms with Crippen LogP contribution >= 0.6 is 0 Å². The Morgan fingerprint density at radius 3 is 2.64 bits per heavy atom. The third-order valence-corrected chi connectivity index (χ3v) is 4.44. The summed E-state index contributed by atoms with van der Waals surface area (Å²) in [6.07, 6.45) is 0. The van der Waals surface area contributed by atoms with Gasteiger partial charge >= 0.3 is 5.97 Å². The molecule has 6 nitrogen and oxygen atoms in total. The average molecular weight is 331 g/mol. The molecule has 4 aromatic rings. The summed E-state index contributed by atoms with van der Waals surface area (Å²) >= 11 is 0. The first kappa shape index (κ1) is 15.0. The van der Waals surface area contributed by atoms with Crippen molar-refractivity contribution in [2.75, 3.05) is 0 Å². The molecule has 0 atom stereocenters. The van der Waals surface area contributed by atoms with Gasteiger partial charge < -0.3 is 14.6 Å². The lowest BCUT2D eigenvalue weighted by Crippen LogP contribution is -2.00. The summed E-state index contributed by atoms with van der Waals surface area (Å²) in [7, 11) is 0. The average Bonchev–Trinajstić information content (AvgIpc) is 3.12. The smallest absolute Gasteiger partial charge is 0.337 e. The van der Waals surface area contributed by atoms with Crippen LogP contribution in [0.1, 0.15) is 27.4 Å². The maximum Gasteiger partial charge on any atom is 0.337 e. The highest BCUT2D eigenvalue weighted by atomic mass is 16.5. The van der Waals surface area contributed by atoms with Crippen molar-refractivity contribution in [3.63, 3.8) is 0 Å². The van der Waals surface area contributed by atoms with Crippen molar-refractivity contribution in [2.45, 2.75) is 13.8 Å². The lowest BCUT2D eigenvalue weighted by atomic mass is 10.0. The van der Waals surface area contributed by atoms with E-state index in [0.717, 1.165) is 38.9 Å². The third kappa shape index (κ3) is 2.10. The number of fused-ring (bicyclic) bond motifs is 3. The molecule has 2 heterocycles. The number of hydrogen-bond acceptors (Lipinski definition) is 4. The summed E-state index contributed by atoms with van der Waals surface area (Å²) < 4.78 is 5.23. The van der Waals surface area contributed by atoms with Crippen LogP contribution in [0.3, 0.4) is 0 Å². The number of nitriles is 1. The number of aromatic amines is 1. The predicted molar refractivity (Wildman–Crippen MR) is 92.5 cm³/mol. The molecule has 0 aliphatic rings. The molecule has 0 unspecified atom stereocenters. The number of H-pyrrole nitrogens is 1. The standard InChI is InChI=1S/C19H13N3O3/c1-9-17(10(2)25-22-9)11-3-4-12-13-5-6-14(19(23)24)15(8-20)18(13)21-16(12)7-11/h3-7,21H,1-2H3,(H,23,24). The zero-order valence-corrected chi connectivity index (χ0v) is 13.5. The van der Waals surface area contributed by atoms with Gasteiger partial charge in [-0.2, -0.15) is 5.26 Å². The molecule has 0 radical (unpaired) electrons. The Hall–Kier alpha value is -3.59. The van der Waals surface area contributed by atoms with Crippen LogP contribution in [0, 0.1) is 25.2 Å². The minimum absolute atomic E-state index is 0.00694. The first-order valence-electron chi connectivity index (χ1n) is 7.66. The summed E-state index contributed by atoms with van der Waals surface area (Å²) in [4.78, 5) is 14.5.